The van der Waals surface area contributed by atoms with Gasteiger partial charge in [0.1, 0.15) is 0 Å². The van der Waals surface area contributed by atoms with Gasteiger partial charge in [-0.15, -0.1) is 0 Å². The Labute approximate surface area is 98.7 Å². The first kappa shape index (κ1) is 9.08. The predicted octanol–water partition coefficient (Wildman–Crippen LogP) is 4.21. The van der Waals surface area contributed by atoms with E-state index < -0.39 is 0 Å². The first-order valence-corrected chi connectivity index (χ1v) is 7.16. The molecule has 15 heavy (non-hydrogen) atoms. The van der Waals surface area contributed by atoms with Crippen LogP contribution in [0.1, 0.15) is 11.1 Å². The zero-order valence-electron chi connectivity index (χ0n) is 8.07. The minimum atomic E-state index is 0.00363. The first-order chi connectivity index (χ1) is 7.43. The number of halogens is 1. The van der Waals surface area contributed by atoms with Gasteiger partial charge in [-0.3, -0.25) is 0 Å². The molecular weight excluding hydrogens is 295 g/mol. The summed E-state index contributed by atoms with van der Waals surface area (Å²) in [6, 6.07) is 13.0. The SMILES string of the molecule is C1=Cc2cc3ccccc3cc2C=CI=1. The molecule has 0 N–H and O–H groups in total. The second kappa shape index (κ2) is 3.76. The molecule has 2 aromatic rings. The van der Waals surface area contributed by atoms with Crippen molar-refractivity contribution in [3.8, 4) is 0 Å². The second-order valence-electron chi connectivity index (χ2n) is 3.48. The van der Waals surface area contributed by atoms with E-state index in [1.807, 2.05) is 0 Å². The lowest BCUT2D eigenvalue weighted by molar-refractivity contribution is 1.67. The lowest BCUT2D eigenvalue weighted by atomic mass is 10.0. The highest BCUT2D eigenvalue weighted by Crippen LogP contribution is 2.24. The van der Waals surface area contributed by atoms with Crippen molar-refractivity contribution in [1.29, 1.82) is 0 Å². The quantitative estimate of drug-likeness (QED) is 0.640. The van der Waals surface area contributed by atoms with Gasteiger partial charge in [0, 0.05) is 0 Å². The van der Waals surface area contributed by atoms with E-state index in [1.165, 1.54) is 21.9 Å². The van der Waals surface area contributed by atoms with Crippen LogP contribution < -0.4 is 0 Å². The highest BCUT2D eigenvalue weighted by atomic mass is 127. The van der Waals surface area contributed by atoms with Crippen molar-refractivity contribution < 1.29 is 0 Å². The molecule has 0 amide bonds. The van der Waals surface area contributed by atoms with Crippen molar-refractivity contribution in [1.82, 2.24) is 0 Å². The highest BCUT2D eigenvalue weighted by molar-refractivity contribution is 14.2. The summed E-state index contributed by atoms with van der Waals surface area (Å²) in [5.41, 5.74) is 2.61. The van der Waals surface area contributed by atoms with Gasteiger partial charge in [0.05, 0.1) is 0 Å². The Hall–Kier alpha value is -1.18. The van der Waals surface area contributed by atoms with E-state index in [0.29, 0.717) is 0 Å². The van der Waals surface area contributed by atoms with E-state index in [4.69, 9.17) is 0 Å². The maximum absolute atomic E-state index is 3.37. The van der Waals surface area contributed by atoms with Gasteiger partial charge in [0.25, 0.3) is 0 Å². The van der Waals surface area contributed by atoms with E-state index in [2.05, 4.69) is 56.3 Å². The Bertz CT molecular complexity index is 614. The highest BCUT2D eigenvalue weighted by Gasteiger charge is 2.00. The zero-order valence-corrected chi connectivity index (χ0v) is 10.2. The molecule has 1 aliphatic heterocycles. The van der Waals surface area contributed by atoms with E-state index in [-0.39, 0.29) is 20.7 Å². The first-order valence-electron chi connectivity index (χ1n) is 4.84. The molecule has 0 unspecified atom stereocenters. The average molecular weight is 304 g/mol. The topological polar surface area (TPSA) is 0 Å². The third-order valence-corrected chi connectivity index (χ3v) is 3.92. The van der Waals surface area contributed by atoms with Crippen LogP contribution in [0.4, 0.5) is 0 Å². The van der Waals surface area contributed by atoms with Crippen LogP contribution in [-0.2, 0) is 0 Å². The normalized spacial score (nSPS) is 13.3. The largest absolute Gasteiger partial charge is 0.0819 e. The summed E-state index contributed by atoms with van der Waals surface area (Å²) < 4.78 is 5.63. The average Bonchev–Trinajstić information content (AvgIpc) is 2.50. The van der Waals surface area contributed by atoms with Gasteiger partial charge in [-0.25, -0.2) is 0 Å². The third-order valence-electron chi connectivity index (χ3n) is 2.53. The molecule has 0 saturated heterocycles. The Morgan fingerprint density at radius 2 is 1.67 bits per heavy atom. The molecule has 0 aliphatic carbocycles. The molecule has 1 aliphatic rings. The van der Waals surface area contributed by atoms with E-state index >= 15 is 0 Å². The molecule has 0 radical (unpaired) electrons. The standard InChI is InChI=1S/C14H9I/c1-2-4-12-10-14-6-8-15-7-5-13(14)9-11(12)3-1/h1-7,9-10H. The van der Waals surface area contributed by atoms with Gasteiger partial charge < -0.3 is 0 Å². The number of hydrogen-bond acceptors (Lipinski definition) is 0. The van der Waals surface area contributed by atoms with Crippen molar-refractivity contribution in [2.24, 2.45) is 0 Å². The van der Waals surface area contributed by atoms with Crippen LogP contribution in [0.5, 0.6) is 0 Å². The summed E-state index contributed by atoms with van der Waals surface area (Å²) in [7, 11) is 0. The van der Waals surface area contributed by atoms with Crippen molar-refractivity contribution in [3.63, 3.8) is 0 Å². The number of benzene rings is 2. The fourth-order valence-electron chi connectivity index (χ4n) is 1.77. The molecule has 1 heteroatoms. The van der Waals surface area contributed by atoms with Crippen molar-refractivity contribution >= 4 is 47.3 Å². The fraction of sp³-hybridized carbons (Fsp3) is 0. The summed E-state index contributed by atoms with van der Waals surface area (Å²) in [6.45, 7) is 0. The summed E-state index contributed by atoms with van der Waals surface area (Å²) in [6.07, 6.45) is 4.36. The van der Waals surface area contributed by atoms with Crippen molar-refractivity contribution in [3.05, 3.63) is 51.6 Å². The molecule has 0 spiro atoms. The molecule has 72 valence electrons. The summed E-state index contributed by atoms with van der Waals surface area (Å²) in [4.78, 5) is 0. The molecule has 1 heterocycles. The Kier molecular flexibility index (Phi) is 2.28. The van der Waals surface area contributed by atoms with Crippen molar-refractivity contribution in [2.45, 2.75) is 0 Å². The molecule has 0 aromatic heterocycles. The number of hydrogen-bond donors (Lipinski definition) is 0. The summed E-state index contributed by atoms with van der Waals surface area (Å²) in [5.74, 6) is 0. The molecular formula is C14H9I. The van der Waals surface area contributed by atoms with E-state index in [0.717, 1.165) is 0 Å². The van der Waals surface area contributed by atoms with Gasteiger partial charge in [0.2, 0.25) is 0 Å². The lowest BCUT2D eigenvalue weighted by Crippen LogP contribution is -1.81. The lowest BCUT2D eigenvalue weighted by Gasteiger charge is -2.03. The van der Waals surface area contributed by atoms with E-state index in [9.17, 15) is 0 Å². The van der Waals surface area contributed by atoms with Crippen LogP contribution in [0, 0.1) is 0 Å². The van der Waals surface area contributed by atoms with Crippen LogP contribution in [0.2, 0.25) is 0 Å². The summed E-state index contributed by atoms with van der Waals surface area (Å²) >= 11 is 0.00363. The van der Waals surface area contributed by atoms with Crippen LogP contribution in [0.3, 0.4) is 0 Å². The summed E-state index contributed by atoms with van der Waals surface area (Å²) in [5, 5.41) is 2.62. The van der Waals surface area contributed by atoms with Gasteiger partial charge in [-0.05, 0) is 71.0 Å². The molecule has 3 rings (SSSR count). The molecule has 0 nitrogen and oxygen atoms in total. The Balaban J connectivity index is 2.39. The van der Waals surface area contributed by atoms with Gasteiger partial charge >= 0.3 is 0 Å². The smallest absolute Gasteiger partial charge is 0.00607 e. The number of rotatable bonds is 0. The predicted molar refractivity (Wildman–Crippen MR) is 76.5 cm³/mol. The maximum atomic E-state index is 3.37. The molecule has 0 fully saturated rings. The van der Waals surface area contributed by atoms with E-state index in [1.54, 1.807) is 0 Å². The zero-order chi connectivity index (χ0) is 10.1. The molecule has 2 aromatic carbocycles. The molecule has 0 atom stereocenters. The monoisotopic (exact) mass is 304 g/mol. The van der Waals surface area contributed by atoms with Crippen LogP contribution in [0.25, 0.3) is 22.9 Å². The fourth-order valence-corrected chi connectivity index (χ4v) is 3.06. The third kappa shape index (κ3) is 1.69. The number of fused-ring (bicyclic) bond motifs is 2. The maximum Gasteiger partial charge on any atom is -0.00607 e. The van der Waals surface area contributed by atoms with Crippen LogP contribution in [-0.4, -0.2) is 3.67 Å². The Morgan fingerprint density at radius 3 is 2.47 bits per heavy atom. The van der Waals surface area contributed by atoms with Crippen LogP contribution in [0.15, 0.2) is 40.5 Å². The van der Waals surface area contributed by atoms with Gasteiger partial charge in [-0.2, -0.15) is 0 Å². The minimum absolute atomic E-state index is 0.00363. The van der Waals surface area contributed by atoms with Crippen molar-refractivity contribution in [2.75, 3.05) is 0 Å². The molecule has 0 saturated carbocycles. The van der Waals surface area contributed by atoms with Gasteiger partial charge in [0.15, 0.2) is 0 Å². The Morgan fingerprint density at radius 1 is 0.933 bits per heavy atom. The second-order valence-corrected chi connectivity index (χ2v) is 5.45. The van der Waals surface area contributed by atoms with Gasteiger partial charge in [-0.1, -0.05) is 27.9 Å². The minimum Gasteiger partial charge on any atom is -0.0819 e. The molecule has 0 bridgehead atoms. The van der Waals surface area contributed by atoms with Crippen LogP contribution >= 0.6 is 20.7 Å².